The summed E-state index contributed by atoms with van der Waals surface area (Å²) in [5.41, 5.74) is -0.311. The minimum absolute atomic E-state index is 0.0462. The number of aliphatic hydroxyl groups is 1. The lowest BCUT2D eigenvalue weighted by Gasteiger charge is -2.40. The molecule has 82 valence electrons. The summed E-state index contributed by atoms with van der Waals surface area (Å²) in [6.07, 6.45) is 2.87. The zero-order valence-corrected chi connectivity index (χ0v) is 9.39. The van der Waals surface area contributed by atoms with Crippen molar-refractivity contribution in [2.75, 3.05) is 11.9 Å². The Labute approximate surface area is 96.9 Å². The molecule has 1 aliphatic rings. The van der Waals surface area contributed by atoms with E-state index in [0.717, 1.165) is 19.3 Å². The van der Waals surface area contributed by atoms with Gasteiger partial charge in [-0.25, -0.2) is 0 Å². The van der Waals surface area contributed by atoms with Crippen LogP contribution in [0.2, 0.25) is 10.6 Å². The Kier molecular flexibility index (Phi) is 2.95. The third-order valence-electron chi connectivity index (χ3n) is 2.57. The summed E-state index contributed by atoms with van der Waals surface area (Å²) in [5.74, 6) is 0.314. The third-order valence-corrected chi connectivity index (χ3v) is 2.91. The Hall–Kier alpha value is -0.650. The van der Waals surface area contributed by atoms with Crippen LogP contribution in [0.1, 0.15) is 19.3 Å². The van der Waals surface area contributed by atoms with Crippen LogP contribution in [0.15, 0.2) is 0 Å². The molecule has 1 aromatic heterocycles. The molecule has 0 aromatic carbocycles. The van der Waals surface area contributed by atoms with Crippen LogP contribution in [0.5, 0.6) is 0 Å². The quantitative estimate of drug-likeness (QED) is 0.849. The Morgan fingerprint density at radius 1 is 1.20 bits per heavy atom. The first-order valence-corrected chi connectivity index (χ1v) is 5.35. The van der Waals surface area contributed by atoms with Crippen LogP contribution in [-0.4, -0.2) is 32.2 Å². The average molecular weight is 249 g/mol. The monoisotopic (exact) mass is 248 g/mol. The molecule has 1 saturated carbocycles. The van der Waals surface area contributed by atoms with E-state index in [1.165, 1.54) is 0 Å². The summed E-state index contributed by atoms with van der Waals surface area (Å²) in [6, 6.07) is 0. The van der Waals surface area contributed by atoms with Crippen molar-refractivity contribution in [2.45, 2.75) is 24.8 Å². The third kappa shape index (κ3) is 2.30. The lowest BCUT2D eigenvalue weighted by molar-refractivity contribution is 0.143. The van der Waals surface area contributed by atoms with Crippen LogP contribution >= 0.6 is 23.2 Å². The van der Waals surface area contributed by atoms with E-state index in [1.54, 1.807) is 0 Å². The molecule has 1 fully saturated rings. The summed E-state index contributed by atoms with van der Waals surface area (Å²) in [7, 11) is 0. The Morgan fingerprint density at radius 3 is 2.20 bits per heavy atom. The van der Waals surface area contributed by atoms with Gasteiger partial charge >= 0.3 is 0 Å². The van der Waals surface area contributed by atoms with Crippen molar-refractivity contribution < 1.29 is 5.11 Å². The van der Waals surface area contributed by atoms with E-state index >= 15 is 0 Å². The number of halogens is 2. The van der Waals surface area contributed by atoms with Crippen LogP contribution in [0.4, 0.5) is 5.95 Å². The van der Waals surface area contributed by atoms with Gasteiger partial charge in [0.1, 0.15) is 0 Å². The van der Waals surface area contributed by atoms with Gasteiger partial charge in [-0.1, -0.05) is 0 Å². The molecule has 2 rings (SSSR count). The predicted octanol–water partition coefficient (Wildman–Crippen LogP) is 1.51. The number of hydrogen-bond donors (Lipinski definition) is 2. The molecule has 0 amide bonds. The summed E-state index contributed by atoms with van der Waals surface area (Å²) in [6.45, 7) is 0.0495. The lowest BCUT2D eigenvalue weighted by Crippen LogP contribution is -2.48. The molecule has 5 nitrogen and oxygen atoms in total. The first-order chi connectivity index (χ1) is 7.13. The van der Waals surface area contributed by atoms with Crippen molar-refractivity contribution in [1.29, 1.82) is 0 Å². The highest BCUT2D eigenvalue weighted by Gasteiger charge is 2.37. The molecular weight excluding hydrogens is 239 g/mol. The first-order valence-electron chi connectivity index (χ1n) is 4.60. The van der Waals surface area contributed by atoms with Gasteiger partial charge < -0.3 is 10.4 Å². The van der Waals surface area contributed by atoms with Crippen molar-refractivity contribution in [3.8, 4) is 0 Å². The number of aromatic nitrogens is 3. The van der Waals surface area contributed by atoms with E-state index in [2.05, 4.69) is 20.3 Å². The smallest absolute Gasteiger partial charge is 0.228 e. The van der Waals surface area contributed by atoms with Crippen molar-refractivity contribution in [3.63, 3.8) is 0 Å². The fraction of sp³-hybridized carbons (Fsp3) is 0.625. The highest BCUT2D eigenvalue weighted by molar-refractivity contribution is 6.31. The van der Waals surface area contributed by atoms with Crippen LogP contribution in [0.3, 0.4) is 0 Å². The largest absolute Gasteiger partial charge is 0.394 e. The molecule has 0 spiro atoms. The van der Waals surface area contributed by atoms with Gasteiger partial charge in [0.05, 0.1) is 12.1 Å². The summed E-state index contributed by atoms with van der Waals surface area (Å²) >= 11 is 11.3. The van der Waals surface area contributed by atoms with Gasteiger partial charge in [0.15, 0.2) is 0 Å². The van der Waals surface area contributed by atoms with Gasteiger partial charge in [0, 0.05) is 0 Å². The molecule has 7 heteroatoms. The van der Waals surface area contributed by atoms with Gasteiger partial charge in [-0.05, 0) is 42.5 Å². The van der Waals surface area contributed by atoms with E-state index < -0.39 is 0 Å². The number of nitrogens with one attached hydrogen (secondary N) is 1. The molecular formula is C8H10Cl2N4O. The second-order valence-electron chi connectivity index (χ2n) is 3.61. The highest BCUT2D eigenvalue weighted by Crippen LogP contribution is 2.34. The number of anilines is 1. The van der Waals surface area contributed by atoms with Gasteiger partial charge in [-0.2, -0.15) is 15.0 Å². The zero-order chi connectivity index (χ0) is 10.9. The van der Waals surface area contributed by atoms with E-state index in [0.29, 0.717) is 5.95 Å². The molecule has 0 atom stereocenters. The average Bonchev–Trinajstić information content (AvgIpc) is 2.10. The van der Waals surface area contributed by atoms with Crippen molar-refractivity contribution >= 4 is 29.2 Å². The van der Waals surface area contributed by atoms with E-state index in [4.69, 9.17) is 23.2 Å². The number of hydrogen-bond acceptors (Lipinski definition) is 5. The molecule has 0 bridgehead atoms. The van der Waals surface area contributed by atoms with Crippen LogP contribution < -0.4 is 5.32 Å². The number of aliphatic hydroxyl groups excluding tert-OH is 1. The minimum Gasteiger partial charge on any atom is -0.394 e. The van der Waals surface area contributed by atoms with E-state index in [-0.39, 0.29) is 22.7 Å². The summed E-state index contributed by atoms with van der Waals surface area (Å²) in [5, 5.41) is 12.4. The van der Waals surface area contributed by atoms with Crippen LogP contribution in [-0.2, 0) is 0 Å². The second kappa shape index (κ2) is 4.08. The standard InChI is InChI=1S/C8H10Cl2N4O/c9-5-11-6(10)13-7(12-5)14-8(4-15)2-1-3-8/h15H,1-4H2,(H,11,12,13,14). The molecule has 15 heavy (non-hydrogen) atoms. The fourth-order valence-corrected chi connectivity index (χ4v) is 1.91. The molecule has 1 heterocycles. The maximum absolute atomic E-state index is 9.24. The Balaban J connectivity index is 2.16. The topological polar surface area (TPSA) is 70.9 Å². The van der Waals surface area contributed by atoms with Crippen molar-refractivity contribution in [2.24, 2.45) is 0 Å². The van der Waals surface area contributed by atoms with Crippen molar-refractivity contribution in [1.82, 2.24) is 15.0 Å². The lowest BCUT2D eigenvalue weighted by atomic mass is 9.77. The van der Waals surface area contributed by atoms with Gasteiger partial charge in [-0.3, -0.25) is 0 Å². The van der Waals surface area contributed by atoms with Gasteiger partial charge in [0.25, 0.3) is 0 Å². The van der Waals surface area contributed by atoms with Crippen LogP contribution in [0.25, 0.3) is 0 Å². The second-order valence-corrected chi connectivity index (χ2v) is 4.29. The van der Waals surface area contributed by atoms with Gasteiger partial charge in [-0.15, -0.1) is 0 Å². The Morgan fingerprint density at radius 2 is 1.80 bits per heavy atom. The molecule has 1 aromatic rings. The molecule has 1 aliphatic carbocycles. The highest BCUT2D eigenvalue weighted by atomic mass is 35.5. The summed E-state index contributed by atoms with van der Waals surface area (Å²) < 4.78 is 0. The normalized spacial score (nSPS) is 18.3. The fourth-order valence-electron chi connectivity index (χ4n) is 1.55. The first kappa shape index (κ1) is 10.9. The maximum atomic E-state index is 9.24. The molecule has 0 unspecified atom stereocenters. The maximum Gasteiger partial charge on any atom is 0.228 e. The summed E-state index contributed by atoms with van der Waals surface area (Å²) in [4.78, 5) is 11.4. The SMILES string of the molecule is OCC1(Nc2nc(Cl)nc(Cl)n2)CCC1. The van der Waals surface area contributed by atoms with E-state index in [1.807, 2.05) is 0 Å². The van der Waals surface area contributed by atoms with E-state index in [9.17, 15) is 5.11 Å². The molecule has 0 saturated heterocycles. The minimum atomic E-state index is -0.311. The van der Waals surface area contributed by atoms with Crippen molar-refractivity contribution in [3.05, 3.63) is 10.6 Å². The number of rotatable bonds is 3. The molecule has 2 N–H and O–H groups in total. The molecule has 0 aliphatic heterocycles. The van der Waals surface area contributed by atoms with Gasteiger partial charge in [0.2, 0.25) is 16.5 Å². The predicted molar refractivity (Wildman–Crippen MR) is 57.1 cm³/mol. The number of nitrogens with zero attached hydrogens (tertiary/aromatic N) is 3. The zero-order valence-electron chi connectivity index (χ0n) is 7.87. The molecule has 0 radical (unpaired) electrons. The van der Waals surface area contributed by atoms with Crippen LogP contribution in [0, 0.1) is 0 Å². The Bertz CT molecular complexity index is 344.